The normalized spacial score (nSPS) is 11.3. The van der Waals surface area contributed by atoms with Crippen LogP contribution in [0.25, 0.3) is 22.5 Å². The van der Waals surface area contributed by atoms with Crippen molar-refractivity contribution in [3.63, 3.8) is 0 Å². The van der Waals surface area contributed by atoms with Crippen molar-refractivity contribution in [3.8, 4) is 22.5 Å². The van der Waals surface area contributed by atoms with E-state index in [4.69, 9.17) is 0 Å². The molecule has 0 radical (unpaired) electrons. The van der Waals surface area contributed by atoms with E-state index >= 15 is 0 Å². The van der Waals surface area contributed by atoms with Crippen LogP contribution in [0.1, 0.15) is 27.0 Å². The van der Waals surface area contributed by atoms with E-state index in [0.717, 1.165) is 39.7 Å². The number of tetrazole rings is 1. The number of hydrogen-bond donors (Lipinski definition) is 0. The molecule has 0 fully saturated rings. The summed E-state index contributed by atoms with van der Waals surface area (Å²) in [7, 11) is 0. The van der Waals surface area contributed by atoms with Crippen LogP contribution in [0.3, 0.4) is 0 Å². The summed E-state index contributed by atoms with van der Waals surface area (Å²) >= 11 is 0. The van der Waals surface area contributed by atoms with Crippen molar-refractivity contribution >= 4 is 6.29 Å². The Hall–Kier alpha value is -5.16. The molecule has 5 heteroatoms. The lowest BCUT2D eigenvalue weighted by Gasteiger charge is -2.36. The average Bonchev–Trinajstić information content (AvgIpc) is 3.49. The molecular weight excluding hydrogens is 468 g/mol. The molecule has 38 heavy (non-hydrogen) atoms. The molecule has 0 spiro atoms. The predicted octanol–water partition coefficient (Wildman–Crippen LogP) is 6.66. The fraction of sp³-hybridized carbons (Fsp3) is 0.0303. The second kappa shape index (κ2) is 10.1. The highest BCUT2D eigenvalue weighted by Crippen LogP contribution is 2.43. The van der Waals surface area contributed by atoms with Gasteiger partial charge in [0.05, 0.1) is 0 Å². The lowest BCUT2D eigenvalue weighted by atomic mass is 9.77. The number of aldehydes is 1. The summed E-state index contributed by atoms with van der Waals surface area (Å²) in [5, 5.41) is 13.5. The standard InChI is InChI=1S/C33H24N4O/c38-24-25-20-22-26(23-21-25)30-18-10-11-19-31(30)32-34-35-36-37(32)33(27-12-4-1-5-13-27,28-14-6-2-7-15-28)29-16-8-3-9-17-29/h1-24H. The van der Waals surface area contributed by atoms with Crippen LogP contribution >= 0.6 is 0 Å². The first-order valence-electron chi connectivity index (χ1n) is 12.4. The molecule has 0 bridgehead atoms. The number of hydrogen-bond acceptors (Lipinski definition) is 4. The predicted molar refractivity (Wildman–Crippen MR) is 149 cm³/mol. The lowest BCUT2D eigenvalue weighted by molar-refractivity contribution is 0.112. The molecule has 0 amide bonds. The average molecular weight is 493 g/mol. The first-order chi connectivity index (χ1) is 18.8. The van der Waals surface area contributed by atoms with E-state index in [-0.39, 0.29) is 0 Å². The highest BCUT2D eigenvalue weighted by atomic mass is 16.1. The van der Waals surface area contributed by atoms with Crippen molar-refractivity contribution in [1.82, 2.24) is 20.2 Å². The van der Waals surface area contributed by atoms with E-state index in [1.54, 1.807) is 0 Å². The monoisotopic (exact) mass is 492 g/mol. The molecule has 0 aliphatic carbocycles. The highest BCUT2D eigenvalue weighted by molar-refractivity contribution is 5.83. The van der Waals surface area contributed by atoms with Crippen LogP contribution in [-0.4, -0.2) is 26.5 Å². The molecule has 6 aromatic rings. The Balaban J connectivity index is 1.67. The Morgan fingerprint density at radius 1 is 0.553 bits per heavy atom. The molecule has 1 aromatic heterocycles. The van der Waals surface area contributed by atoms with E-state index < -0.39 is 5.54 Å². The largest absolute Gasteiger partial charge is 0.298 e. The summed E-state index contributed by atoms with van der Waals surface area (Å²) in [4.78, 5) is 11.2. The van der Waals surface area contributed by atoms with Crippen molar-refractivity contribution in [3.05, 3.63) is 162 Å². The minimum atomic E-state index is -0.836. The van der Waals surface area contributed by atoms with Crippen LogP contribution in [0.2, 0.25) is 0 Å². The maximum absolute atomic E-state index is 11.2. The molecule has 0 atom stereocenters. The summed E-state index contributed by atoms with van der Waals surface area (Å²) in [5.74, 6) is 0.636. The fourth-order valence-electron chi connectivity index (χ4n) is 5.16. The number of rotatable bonds is 7. The third kappa shape index (κ3) is 3.91. The maximum Gasteiger partial charge on any atom is 0.184 e. The minimum absolute atomic E-state index is 0.632. The summed E-state index contributed by atoms with van der Waals surface area (Å²) in [6.07, 6.45) is 0.851. The minimum Gasteiger partial charge on any atom is -0.298 e. The van der Waals surface area contributed by atoms with E-state index in [0.29, 0.717) is 11.4 Å². The molecule has 0 aliphatic heterocycles. The Kier molecular flexibility index (Phi) is 6.16. The van der Waals surface area contributed by atoms with Crippen LogP contribution in [0.15, 0.2) is 140 Å². The van der Waals surface area contributed by atoms with Crippen LogP contribution < -0.4 is 0 Å². The van der Waals surface area contributed by atoms with Gasteiger partial charge in [0.15, 0.2) is 5.82 Å². The molecule has 5 nitrogen and oxygen atoms in total. The SMILES string of the molecule is O=Cc1ccc(-c2ccccc2-c2nnnn2C(c2ccccc2)(c2ccccc2)c2ccccc2)cc1. The zero-order chi connectivity index (χ0) is 25.8. The quantitative estimate of drug-likeness (QED) is 0.185. The van der Waals surface area contributed by atoms with Gasteiger partial charge in [0, 0.05) is 11.1 Å². The molecule has 5 aromatic carbocycles. The van der Waals surface area contributed by atoms with Gasteiger partial charge in [-0.25, -0.2) is 4.68 Å². The second-order valence-corrected chi connectivity index (χ2v) is 9.01. The van der Waals surface area contributed by atoms with Gasteiger partial charge in [-0.15, -0.1) is 5.10 Å². The smallest absolute Gasteiger partial charge is 0.184 e. The van der Waals surface area contributed by atoms with Crippen molar-refractivity contribution in [1.29, 1.82) is 0 Å². The van der Waals surface area contributed by atoms with E-state index in [1.165, 1.54) is 0 Å². The third-order valence-corrected chi connectivity index (χ3v) is 6.89. The van der Waals surface area contributed by atoms with Gasteiger partial charge in [0.25, 0.3) is 0 Å². The summed E-state index contributed by atoms with van der Waals surface area (Å²) < 4.78 is 1.94. The van der Waals surface area contributed by atoms with Crippen molar-refractivity contribution in [2.45, 2.75) is 5.54 Å². The lowest BCUT2D eigenvalue weighted by Crippen LogP contribution is -2.39. The Bertz CT molecular complexity index is 1560. The number of carbonyl (C=O) groups excluding carboxylic acids is 1. The molecule has 0 saturated carbocycles. The van der Waals surface area contributed by atoms with Crippen LogP contribution in [-0.2, 0) is 5.54 Å². The van der Waals surface area contributed by atoms with Gasteiger partial charge < -0.3 is 0 Å². The van der Waals surface area contributed by atoms with E-state index in [9.17, 15) is 4.79 Å². The Morgan fingerprint density at radius 2 is 1.03 bits per heavy atom. The second-order valence-electron chi connectivity index (χ2n) is 9.01. The molecule has 6 rings (SSSR count). The number of nitrogens with zero attached hydrogens (tertiary/aromatic N) is 4. The molecule has 182 valence electrons. The van der Waals surface area contributed by atoms with Gasteiger partial charge >= 0.3 is 0 Å². The van der Waals surface area contributed by atoms with E-state index in [2.05, 4.69) is 58.0 Å². The van der Waals surface area contributed by atoms with Crippen LogP contribution in [0.5, 0.6) is 0 Å². The first kappa shape index (κ1) is 23.3. The molecule has 0 aliphatic rings. The van der Waals surface area contributed by atoms with Crippen molar-refractivity contribution in [2.75, 3.05) is 0 Å². The maximum atomic E-state index is 11.2. The fourth-order valence-corrected chi connectivity index (χ4v) is 5.16. The molecule has 0 N–H and O–H groups in total. The van der Waals surface area contributed by atoms with Crippen molar-refractivity contribution in [2.24, 2.45) is 0 Å². The van der Waals surface area contributed by atoms with Gasteiger partial charge in [-0.05, 0) is 38.2 Å². The summed E-state index contributed by atoms with van der Waals surface area (Å²) in [6, 6.07) is 46.7. The Morgan fingerprint density at radius 3 is 1.53 bits per heavy atom. The summed E-state index contributed by atoms with van der Waals surface area (Å²) in [6.45, 7) is 0. The molecule has 0 unspecified atom stereocenters. The van der Waals surface area contributed by atoms with Gasteiger partial charge in [-0.3, -0.25) is 4.79 Å². The molecule has 1 heterocycles. The summed E-state index contributed by atoms with van der Waals surface area (Å²) in [5.41, 5.74) is 5.76. The van der Waals surface area contributed by atoms with E-state index in [1.807, 2.05) is 102 Å². The van der Waals surface area contributed by atoms with Gasteiger partial charge in [-0.2, -0.15) is 0 Å². The first-order valence-corrected chi connectivity index (χ1v) is 12.4. The zero-order valence-corrected chi connectivity index (χ0v) is 20.6. The molecule has 0 saturated heterocycles. The van der Waals surface area contributed by atoms with Gasteiger partial charge in [-0.1, -0.05) is 140 Å². The Labute approximate surface area is 221 Å². The van der Waals surface area contributed by atoms with Gasteiger partial charge in [0.2, 0.25) is 0 Å². The van der Waals surface area contributed by atoms with Crippen molar-refractivity contribution < 1.29 is 4.79 Å². The number of carbonyl (C=O) groups is 1. The number of aromatic nitrogens is 4. The molecular formula is C33H24N4O. The zero-order valence-electron chi connectivity index (χ0n) is 20.6. The third-order valence-electron chi connectivity index (χ3n) is 6.89. The highest BCUT2D eigenvalue weighted by Gasteiger charge is 2.42. The van der Waals surface area contributed by atoms with Crippen LogP contribution in [0.4, 0.5) is 0 Å². The number of benzene rings is 5. The topological polar surface area (TPSA) is 60.7 Å². The van der Waals surface area contributed by atoms with Crippen LogP contribution in [0, 0.1) is 0 Å². The van der Waals surface area contributed by atoms with Gasteiger partial charge in [0.1, 0.15) is 11.8 Å².